The van der Waals surface area contributed by atoms with E-state index in [0.717, 1.165) is 30.9 Å². The van der Waals surface area contributed by atoms with Crippen molar-refractivity contribution in [3.63, 3.8) is 0 Å². The Morgan fingerprint density at radius 2 is 1.78 bits per heavy atom. The van der Waals surface area contributed by atoms with E-state index in [1.54, 1.807) is 18.2 Å². The van der Waals surface area contributed by atoms with E-state index in [1.807, 2.05) is 12.1 Å². The van der Waals surface area contributed by atoms with Crippen LogP contribution in [0.25, 0.3) is 0 Å². The first-order valence-electron chi connectivity index (χ1n) is 8.87. The van der Waals surface area contributed by atoms with Gasteiger partial charge in [-0.15, -0.1) is 10.2 Å². The highest BCUT2D eigenvalue weighted by atomic mass is 19.1. The predicted molar refractivity (Wildman–Crippen MR) is 102 cm³/mol. The Balaban J connectivity index is 1.38. The summed E-state index contributed by atoms with van der Waals surface area (Å²) in [4.78, 5) is 14.3. The number of nitrogens with one attached hydrogen (secondary N) is 1. The van der Waals surface area contributed by atoms with Crippen LogP contribution in [0.5, 0.6) is 0 Å². The van der Waals surface area contributed by atoms with E-state index < -0.39 is 0 Å². The number of carbonyl (C=O) groups excluding carboxylic acids is 1. The lowest BCUT2D eigenvalue weighted by Gasteiger charge is -2.29. The fraction of sp³-hybridized carbons (Fsp3) is 0.190. The van der Waals surface area contributed by atoms with Crippen LogP contribution in [0.1, 0.15) is 16.7 Å². The zero-order valence-electron chi connectivity index (χ0n) is 14.7. The molecule has 0 radical (unpaired) electrons. The van der Waals surface area contributed by atoms with Gasteiger partial charge < -0.3 is 10.2 Å². The second kappa shape index (κ2) is 7.53. The summed E-state index contributed by atoms with van der Waals surface area (Å²) in [5.41, 5.74) is 3.43. The molecule has 3 aromatic rings. The lowest BCUT2D eigenvalue weighted by atomic mass is 10.00. The van der Waals surface area contributed by atoms with Gasteiger partial charge in [0, 0.05) is 13.1 Å². The van der Waals surface area contributed by atoms with Gasteiger partial charge in [0.1, 0.15) is 5.82 Å². The number of nitrogens with zero attached hydrogens (tertiary/aromatic N) is 3. The van der Waals surface area contributed by atoms with Crippen molar-refractivity contribution in [1.82, 2.24) is 10.2 Å². The van der Waals surface area contributed by atoms with Crippen LogP contribution in [-0.4, -0.2) is 22.6 Å². The van der Waals surface area contributed by atoms with Crippen LogP contribution in [0, 0.1) is 5.82 Å². The monoisotopic (exact) mass is 362 g/mol. The molecule has 2 aromatic carbocycles. The zero-order valence-corrected chi connectivity index (χ0v) is 14.7. The number of rotatable bonds is 4. The van der Waals surface area contributed by atoms with Crippen LogP contribution < -0.4 is 10.2 Å². The maximum atomic E-state index is 12.9. The molecule has 136 valence electrons. The van der Waals surface area contributed by atoms with E-state index >= 15 is 0 Å². The smallest absolute Gasteiger partial charge is 0.229 e. The molecule has 27 heavy (non-hydrogen) atoms. The van der Waals surface area contributed by atoms with E-state index in [4.69, 9.17) is 0 Å². The van der Waals surface area contributed by atoms with Gasteiger partial charge >= 0.3 is 0 Å². The lowest BCUT2D eigenvalue weighted by molar-refractivity contribution is -0.115. The summed E-state index contributed by atoms with van der Waals surface area (Å²) in [5.74, 6) is 0.667. The number of hydrogen-bond donors (Lipinski definition) is 1. The molecule has 1 aromatic heterocycles. The van der Waals surface area contributed by atoms with Gasteiger partial charge in [-0.05, 0) is 47.4 Å². The van der Waals surface area contributed by atoms with Crippen LogP contribution in [0.2, 0.25) is 0 Å². The summed E-state index contributed by atoms with van der Waals surface area (Å²) in [5, 5.41) is 11.1. The molecule has 0 saturated carbocycles. The molecular weight excluding hydrogens is 343 g/mol. The molecule has 1 aliphatic rings. The molecule has 1 N–H and O–H groups in total. The number of fused-ring (bicyclic) bond motifs is 1. The number of benzene rings is 2. The van der Waals surface area contributed by atoms with E-state index in [2.05, 4.69) is 38.6 Å². The third-order valence-corrected chi connectivity index (χ3v) is 4.65. The molecule has 0 unspecified atom stereocenters. The Hall–Kier alpha value is -3.28. The van der Waals surface area contributed by atoms with Crippen molar-refractivity contribution in [1.29, 1.82) is 0 Å². The lowest BCUT2D eigenvalue weighted by Crippen LogP contribution is -2.31. The third kappa shape index (κ3) is 4.11. The van der Waals surface area contributed by atoms with Gasteiger partial charge in [0.05, 0.1) is 6.42 Å². The molecule has 0 atom stereocenters. The topological polar surface area (TPSA) is 58.1 Å². The van der Waals surface area contributed by atoms with E-state index in [1.165, 1.54) is 23.3 Å². The molecule has 0 bridgehead atoms. The van der Waals surface area contributed by atoms with E-state index in [-0.39, 0.29) is 18.1 Å². The Morgan fingerprint density at radius 1 is 1.00 bits per heavy atom. The minimum atomic E-state index is -0.319. The number of anilines is 2. The molecular formula is C21H19FN4O. The van der Waals surface area contributed by atoms with Crippen LogP contribution in [0.15, 0.2) is 60.7 Å². The summed E-state index contributed by atoms with van der Waals surface area (Å²) in [7, 11) is 0. The SMILES string of the molecule is O=C(Cc1ccc(F)cc1)Nc1ccc(N2CCc3ccccc3C2)nn1. The van der Waals surface area contributed by atoms with Crippen molar-refractivity contribution in [2.75, 3.05) is 16.8 Å². The molecule has 6 heteroatoms. The second-order valence-electron chi connectivity index (χ2n) is 6.57. The molecule has 0 spiro atoms. The highest BCUT2D eigenvalue weighted by Gasteiger charge is 2.17. The Morgan fingerprint density at radius 3 is 2.52 bits per heavy atom. The van der Waals surface area contributed by atoms with Crippen LogP contribution in [0.3, 0.4) is 0 Å². The van der Waals surface area contributed by atoms with E-state index in [9.17, 15) is 9.18 Å². The highest BCUT2D eigenvalue weighted by Crippen LogP contribution is 2.23. The predicted octanol–water partition coefficient (Wildman–Crippen LogP) is 3.36. The van der Waals surface area contributed by atoms with Gasteiger partial charge in [0.2, 0.25) is 5.91 Å². The zero-order chi connectivity index (χ0) is 18.6. The quantitative estimate of drug-likeness (QED) is 0.773. The van der Waals surface area contributed by atoms with Crippen LogP contribution in [0.4, 0.5) is 16.0 Å². The number of hydrogen-bond acceptors (Lipinski definition) is 4. The summed E-state index contributed by atoms with van der Waals surface area (Å²) >= 11 is 0. The number of halogens is 1. The first-order chi connectivity index (χ1) is 13.2. The molecule has 0 aliphatic carbocycles. The van der Waals surface area contributed by atoms with Gasteiger partial charge in [-0.25, -0.2) is 4.39 Å². The average molecular weight is 362 g/mol. The summed E-state index contributed by atoms with van der Waals surface area (Å²) in [6.07, 6.45) is 1.14. The van der Waals surface area contributed by atoms with Crippen molar-refractivity contribution < 1.29 is 9.18 Å². The standard InChI is InChI=1S/C21H19FN4O/c22-18-7-5-15(6-8-18)13-21(27)23-19-9-10-20(25-24-19)26-12-11-16-3-1-2-4-17(16)14-26/h1-10H,11-14H2,(H,23,24,27). The molecule has 2 heterocycles. The minimum Gasteiger partial charge on any atom is -0.350 e. The second-order valence-corrected chi connectivity index (χ2v) is 6.57. The summed E-state index contributed by atoms with van der Waals surface area (Å²) in [6.45, 7) is 1.70. The molecule has 1 aliphatic heterocycles. The van der Waals surface area contributed by atoms with Gasteiger partial charge in [0.15, 0.2) is 11.6 Å². The van der Waals surface area contributed by atoms with Crippen LogP contribution >= 0.6 is 0 Å². The number of aromatic nitrogens is 2. The Labute approximate surface area is 156 Å². The Bertz CT molecular complexity index is 941. The molecule has 1 amide bonds. The van der Waals surface area contributed by atoms with Crippen molar-refractivity contribution in [3.05, 3.63) is 83.2 Å². The molecule has 4 rings (SSSR count). The first kappa shape index (κ1) is 17.1. The normalized spacial score (nSPS) is 13.1. The third-order valence-electron chi connectivity index (χ3n) is 4.65. The van der Waals surface area contributed by atoms with Gasteiger partial charge in [-0.2, -0.15) is 0 Å². The summed E-state index contributed by atoms with van der Waals surface area (Å²) in [6, 6.07) is 17.9. The van der Waals surface area contributed by atoms with E-state index in [0.29, 0.717) is 5.82 Å². The van der Waals surface area contributed by atoms with Gasteiger partial charge in [0.25, 0.3) is 0 Å². The van der Waals surface area contributed by atoms with Crippen molar-refractivity contribution in [3.8, 4) is 0 Å². The number of carbonyl (C=O) groups is 1. The largest absolute Gasteiger partial charge is 0.350 e. The average Bonchev–Trinajstić information content (AvgIpc) is 2.70. The molecule has 5 nitrogen and oxygen atoms in total. The molecule has 0 fully saturated rings. The fourth-order valence-corrected chi connectivity index (χ4v) is 3.23. The number of amides is 1. The maximum Gasteiger partial charge on any atom is 0.229 e. The highest BCUT2D eigenvalue weighted by molar-refractivity contribution is 5.91. The van der Waals surface area contributed by atoms with Crippen molar-refractivity contribution in [2.24, 2.45) is 0 Å². The van der Waals surface area contributed by atoms with Crippen molar-refractivity contribution in [2.45, 2.75) is 19.4 Å². The van der Waals surface area contributed by atoms with Crippen LogP contribution in [-0.2, 0) is 24.2 Å². The van der Waals surface area contributed by atoms with Gasteiger partial charge in [-0.1, -0.05) is 36.4 Å². The fourth-order valence-electron chi connectivity index (χ4n) is 3.23. The van der Waals surface area contributed by atoms with Crippen molar-refractivity contribution >= 4 is 17.5 Å². The minimum absolute atomic E-state index is 0.159. The first-order valence-corrected chi connectivity index (χ1v) is 8.87. The molecule has 0 saturated heterocycles. The Kier molecular flexibility index (Phi) is 4.78. The summed E-state index contributed by atoms with van der Waals surface area (Å²) < 4.78 is 12.9. The van der Waals surface area contributed by atoms with Gasteiger partial charge in [-0.3, -0.25) is 4.79 Å². The maximum absolute atomic E-state index is 12.9.